The van der Waals surface area contributed by atoms with Gasteiger partial charge in [-0.05, 0) is 24.8 Å². The molecule has 1 aromatic carbocycles. The molecule has 0 N–H and O–H groups in total. The molecule has 0 aliphatic rings. The summed E-state index contributed by atoms with van der Waals surface area (Å²) in [5.74, 6) is -0.250. The Bertz CT molecular complexity index is 362. The molecule has 0 amide bonds. The van der Waals surface area contributed by atoms with Gasteiger partial charge >= 0.3 is 51.4 Å². The quantitative estimate of drug-likeness (QED) is 0.366. The summed E-state index contributed by atoms with van der Waals surface area (Å²) in [5.41, 5.74) is 1.18. The molecule has 5 heteroatoms. The minimum atomic E-state index is -4.03. The monoisotopic (exact) mass is 252 g/mol. The standard InChI is InChI=1S/C10H14O3S.K/c11-14(12,13)9-5-4-8-10-6-2-1-3-7-10;/h1-3,6-7H,4-5,8-9H2,(H,11,12,13);/q;+1/p-1. The van der Waals surface area contributed by atoms with E-state index < -0.39 is 10.1 Å². The molecule has 0 aromatic heterocycles. The molecule has 15 heavy (non-hydrogen) atoms. The Kier molecular flexibility index (Phi) is 8.35. The molecule has 0 heterocycles. The number of benzene rings is 1. The molecule has 0 saturated heterocycles. The molecule has 0 saturated carbocycles. The van der Waals surface area contributed by atoms with Gasteiger partial charge in [-0.2, -0.15) is 0 Å². The van der Waals surface area contributed by atoms with Crippen molar-refractivity contribution in [2.45, 2.75) is 19.3 Å². The number of rotatable bonds is 5. The maximum Gasteiger partial charge on any atom is 1.00 e. The fraction of sp³-hybridized carbons (Fsp3) is 0.400. The maximum atomic E-state index is 10.3. The molecule has 0 bridgehead atoms. The first-order chi connectivity index (χ1) is 6.58. The van der Waals surface area contributed by atoms with E-state index in [2.05, 4.69) is 0 Å². The molecular formula is C10H13KO3S. The van der Waals surface area contributed by atoms with Crippen molar-refractivity contribution < 1.29 is 64.4 Å². The van der Waals surface area contributed by atoms with E-state index in [0.29, 0.717) is 6.42 Å². The average molecular weight is 252 g/mol. The van der Waals surface area contributed by atoms with Gasteiger partial charge in [-0.1, -0.05) is 30.3 Å². The predicted molar refractivity (Wildman–Crippen MR) is 53.9 cm³/mol. The van der Waals surface area contributed by atoms with E-state index in [4.69, 9.17) is 0 Å². The van der Waals surface area contributed by atoms with Crippen LogP contribution in [-0.4, -0.2) is 18.7 Å². The van der Waals surface area contributed by atoms with E-state index in [1.165, 1.54) is 5.56 Å². The van der Waals surface area contributed by atoms with Crippen LogP contribution in [0.4, 0.5) is 0 Å². The van der Waals surface area contributed by atoms with Crippen molar-refractivity contribution in [3.63, 3.8) is 0 Å². The van der Waals surface area contributed by atoms with Crippen molar-refractivity contribution in [1.29, 1.82) is 0 Å². The van der Waals surface area contributed by atoms with Crippen molar-refractivity contribution >= 4 is 10.1 Å². The molecule has 0 unspecified atom stereocenters. The van der Waals surface area contributed by atoms with E-state index in [-0.39, 0.29) is 57.1 Å². The van der Waals surface area contributed by atoms with Gasteiger partial charge in [-0.25, -0.2) is 8.42 Å². The molecule has 1 aromatic rings. The summed E-state index contributed by atoms with van der Waals surface area (Å²) >= 11 is 0. The third-order valence-corrected chi connectivity index (χ3v) is 2.74. The van der Waals surface area contributed by atoms with Crippen LogP contribution in [0.25, 0.3) is 0 Å². The Balaban J connectivity index is 0.00000196. The zero-order valence-corrected chi connectivity index (χ0v) is 12.8. The van der Waals surface area contributed by atoms with Crippen LogP contribution >= 0.6 is 0 Å². The smallest absolute Gasteiger partial charge is 0.748 e. The van der Waals surface area contributed by atoms with Crippen LogP contribution in [0.1, 0.15) is 18.4 Å². The fourth-order valence-corrected chi connectivity index (χ4v) is 1.81. The second-order valence-electron chi connectivity index (χ2n) is 3.20. The summed E-state index contributed by atoms with van der Waals surface area (Å²) < 4.78 is 30.9. The molecule has 0 aliphatic carbocycles. The van der Waals surface area contributed by atoms with Crippen molar-refractivity contribution in [1.82, 2.24) is 0 Å². The number of hydrogen-bond donors (Lipinski definition) is 0. The normalized spacial score (nSPS) is 10.7. The Hall–Kier alpha value is 0.766. The van der Waals surface area contributed by atoms with Gasteiger partial charge in [0, 0.05) is 5.75 Å². The van der Waals surface area contributed by atoms with Gasteiger partial charge in [0.15, 0.2) is 0 Å². The van der Waals surface area contributed by atoms with Gasteiger partial charge in [-0.3, -0.25) is 0 Å². The molecule has 0 atom stereocenters. The van der Waals surface area contributed by atoms with Crippen molar-refractivity contribution in [2.24, 2.45) is 0 Å². The van der Waals surface area contributed by atoms with Gasteiger partial charge in [0.2, 0.25) is 0 Å². The molecule has 0 fully saturated rings. The van der Waals surface area contributed by atoms with Crippen LogP contribution < -0.4 is 51.4 Å². The van der Waals surface area contributed by atoms with Crippen LogP contribution in [0.15, 0.2) is 30.3 Å². The van der Waals surface area contributed by atoms with Crippen LogP contribution in [-0.2, 0) is 16.5 Å². The minimum Gasteiger partial charge on any atom is -0.748 e. The average Bonchev–Trinajstić information content (AvgIpc) is 2.13. The fourth-order valence-electron chi connectivity index (χ4n) is 1.25. The number of unbranched alkanes of at least 4 members (excludes halogenated alkanes) is 1. The molecule has 3 nitrogen and oxygen atoms in total. The molecule has 1 rings (SSSR count). The summed E-state index contributed by atoms with van der Waals surface area (Å²) in [6, 6.07) is 9.81. The summed E-state index contributed by atoms with van der Waals surface area (Å²) in [4.78, 5) is 0. The largest absolute Gasteiger partial charge is 1.00 e. The van der Waals surface area contributed by atoms with E-state index >= 15 is 0 Å². The first-order valence-electron chi connectivity index (χ1n) is 4.55. The summed E-state index contributed by atoms with van der Waals surface area (Å²) in [6.45, 7) is 0. The molecular weight excluding hydrogens is 239 g/mol. The van der Waals surface area contributed by atoms with E-state index in [1.54, 1.807) is 0 Å². The first-order valence-corrected chi connectivity index (χ1v) is 6.13. The van der Waals surface area contributed by atoms with Gasteiger partial charge < -0.3 is 4.55 Å². The van der Waals surface area contributed by atoms with Crippen LogP contribution in [0.5, 0.6) is 0 Å². The summed E-state index contributed by atoms with van der Waals surface area (Å²) in [7, 11) is -4.03. The third kappa shape index (κ3) is 8.56. The summed E-state index contributed by atoms with van der Waals surface area (Å²) in [5, 5.41) is 0. The van der Waals surface area contributed by atoms with Crippen molar-refractivity contribution in [3.05, 3.63) is 35.9 Å². The van der Waals surface area contributed by atoms with Crippen LogP contribution in [0.2, 0.25) is 0 Å². The first kappa shape index (κ1) is 15.8. The Morgan fingerprint density at radius 1 is 1.07 bits per heavy atom. The topological polar surface area (TPSA) is 57.2 Å². The SMILES string of the molecule is O=S(=O)([O-])CCCCc1ccccc1.[K+]. The minimum absolute atomic E-state index is 0. The molecule has 0 radical (unpaired) electrons. The Morgan fingerprint density at radius 3 is 2.20 bits per heavy atom. The molecule has 0 spiro atoms. The maximum absolute atomic E-state index is 10.3. The van der Waals surface area contributed by atoms with E-state index in [1.807, 2.05) is 30.3 Å². The third-order valence-electron chi connectivity index (χ3n) is 1.95. The summed E-state index contributed by atoms with van der Waals surface area (Å²) in [6.07, 6.45) is 2.02. The van der Waals surface area contributed by atoms with Crippen LogP contribution in [0, 0.1) is 0 Å². The second kappa shape index (κ2) is 7.95. The zero-order valence-electron chi connectivity index (χ0n) is 8.85. The van der Waals surface area contributed by atoms with Gasteiger partial charge in [0.05, 0.1) is 10.1 Å². The van der Waals surface area contributed by atoms with Gasteiger partial charge in [0.25, 0.3) is 0 Å². The van der Waals surface area contributed by atoms with Gasteiger partial charge in [0.1, 0.15) is 0 Å². The number of aryl methyl sites for hydroxylation is 1. The van der Waals surface area contributed by atoms with E-state index in [0.717, 1.165) is 12.8 Å². The van der Waals surface area contributed by atoms with Crippen molar-refractivity contribution in [2.75, 3.05) is 5.75 Å². The molecule has 0 aliphatic heterocycles. The Labute approximate surface area is 133 Å². The molecule has 78 valence electrons. The van der Waals surface area contributed by atoms with Crippen LogP contribution in [0.3, 0.4) is 0 Å². The van der Waals surface area contributed by atoms with E-state index in [9.17, 15) is 13.0 Å². The second-order valence-corrected chi connectivity index (χ2v) is 4.73. The van der Waals surface area contributed by atoms with Gasteiger partial charge in [-0.15, -0.1) is 0 Å². The number of hydrogen-bond acceptors (Lipinski definition) is 3. The Morgan fingerprint density at radius 2 is 1.67 bits per heavy atom. The predicted octanol–water partition coefficient (Wildman–Crippen LogP) is -1.44. The zero-order chi connectivity index (χ0) is 10.4. The van der Waals surface area contributed by atoms with Crippen molar-refractivity contribution in [3.8, 4) is 0 Å².